The Balaban J connectivity index is 2.07. The van der Waals surface area contributed by atoms with Gasteiger partial charge in [-0.25, -0.2) is 4.79 Å². The van der Waals surface area contributed by atoms with Crippen LogP contribution in [0.15, 0.2) is 24.3 Å². The molecule has 1 heterocycles. The highest BCUT2D eigenvalue weighted by molar-refractivity contribution is 5.65. The van der Waals surface area contributed by atoms with Gasteiger partial charge in [0.25, 0.3) is 0 Å². The number of carboxylic acid groups (broad SMARTS) is 1. The number of hydrogen-bond donors (Lipinski definition) is 2. The first-order valence-electron chi connectivity index (χ1n) is 6.51. The fraction of sp³-hybridized carbons (Fsp3) is 0.500. The highest BCUT2D eigenvalue weighted by Crippen LogP contribution is 2.22. The molecule has 1 aromatic carbocycles. The number of rotatable bonds is 3. The molecule has 0 bridgehead atoms. The summed E-state index contributed by atoms with van der Waals surface area (Å²) in [6, 6.07) is 8.19. The third kappa shape index (κ3) is 3.38. The molecule has 104 valence electrons. The second-order valence-electron chi connectivity index (χ2n) is 4.88. The molecular formula is C14H20N2O3. The second-order valence-corrected chi connectivity index (χ2v) is 4.88. The van der Waals surface area contributed by atoms with Gasteiger partial charge in [0.2, 0.25) is 0 Å². The zero-order chi connectivity index (χ0) is 13.8. The van der Waals surface area contributed by atoms with Gasteiger partial charge in [0, 0.05) is 18.3 Å². The topological polar surface area (TPSA) is 61.8 Å². The molecule has 1 aliphatic rings. The molecule has 2 N–H and O–H groups in total. The molecule has 1 amide bonds. The summed E-state index contributed by atoms with van der Waals surface area (Å²) in [5, 5.41) is 11.2. The van der Waals surface area contributed by atoms with Gasteiger partial charge in [0.05, 0.1) is 19.3 Å². The third-order valence-electron chi connectivity index (χ3n) is 3.43. The molecular weight excluding hydrogens is 244 g/mol. The van der Waals surface area contributed by atoms with Gasteiger partial charge in [-0.3, -0.25) is 0 Å². The van der Waals surface area contributed by atoms with Crippen molar-refractivity contribution in [2.75, 3.05) is 24.7 Å². The van der Waals surface area contributed by atoms with Crippen molar-refractivity contribution < 1.29 is 14.6 Å². The van der Waals surface area contributed by atoms with Crippen LogP contribution in [0.5, 0.6) is 0 Å². The Morgan fingerprint density at radius 1 is 1.47 bits per heavy atom. The van der Waals surface area contributed by atoms with E-state index in [1.165, 1.54) is 0 Å². The van der Waals surface area contributed by atoms with Crippen molar-refractivity contribution >= 4 is 11.8 Å². The van der Waals surface area contributed by atoms with Crippen LogP contribution in [-0.2, 0) is 4.74 Å². The first-order valence-corrected chi connectivity index (χ1v) is 6.51. The zero-order valence-corrected chi connectivity index (χ0v) is 11.3. The predicted octanol–water partition coefficient (Wildman–Crippen LogP) is 2.24. The lowest BCUT2D eigenvalue weighted by Crippen LogP contribution is -2.43. The summed E-state index contributed by atoms with van der Waals surface area (Å²) in [5.41, 5.74) is 2.12. The van der Waals surface area contributed by atoms with Crippen LogP contribution in [0, 0.1) is 0 Å². The summed E-state index contributed by atoms with van der Waals surface area (Å²) in [5.74, 6) is 0. The molecule has 2 rings (SSSR count). The third-order valence-corrected chi connectivity index (χ3v) is 3.43. The van der Waals surface area contributed by atoms with E-state index in [9.17, 15) is 4.79 Å². The molecule has 0 radical (unpaired) electrons. The summed E-state index contributed by atoms with van der Waals surface area (Å²) in [6.07, 6.45) is -1.00. The summed E-state index contributed by atoms with van der Waals surface area (Å²) in [7, 11) is 0. The number of hydrogen-bond acceptors (Lipinski definition) is 3. The van der Waals surface area contributed by atoms with E-state index in [0.717, 1.165) is 31.0 Å². The molecule has 0 aromatic heterocycles. The number of ether oxygens (including phenoxy) is 1. The van der Waals surface area contributed by atoms with E-state index in [4.69, 9.17) is 9.84 Å². The number of amides is 1. The highest BCUT2D eigenvalue weighted by atomic mass is 16.5. The molecule has 1 aliphatic heterocycles. The Morgan fingerprint density at radius 2 is 2.16 bits per heavy atom. The fourth-order valence-electron chi connectivity index (χ4n) is 2.33. The second kappa shape index (κ2) is 5.93. The number of benzene rings is 1. The number of morpholine rings is 1. The van der Waals surface area contributed by atoms with E-state index in [1.54, 1.807) is 0 Å². The minimum Gasteiger partial charge on any atom is -0.465 e. The summed E-state index contributed by atoms with van der Waals surface area (Å²) < 4.78 is 5.42. The first-order chi connectivity index (χ1) is 9.08. The molecule has 1 fully saturated rings. The van der Waals surface area contributed by atoms with Crippen LogP contribution in [0.25, 0.3) is 0 Å². The highest BCUT2D eigenvalue weighted by Gasteiger charge is 2.19. The molecule has 0 aliphatic carbocycles. The largest absolute Gasteiger partial charge is 0.465 e. The van der Waals surface area contributed by atoms with Crippen LogP contribution >= 0.6 is 0 Å². The molecule has 1 saturated heterocycles. The Morgan fingerprint density at radius 3 is 2.74 bits per heavy atom. The molecule has 5 heteroatoms. The predicted molar refractivity (Wildman–Crippen MR) is 73.6 cm³/mol. The monoisotopic (exact) mass is 264 g/mol. The van der Waals surface area contributed by atoms with Crippen LogP contribution < -0.4 is 10.2 Å². The van der Waals surface area contributed by atoms with Gasteiger partial charge in [0.15, 0.2) is 0 Å². The summed E-state index contributed by atoms with van der Waals surface area (Å²) in [4.78, 5) is 12.9. The fourth-order valence-corrected chi connectivity index (χ4v) is 2.33. The van der Waals surface area contributed by atoms with Crippen molar-refractivity contribution in [1.29, 1.82) is 0 Å². The van der Waals surface area contributed by atoms with Crippen LogP contribution in [0.4, 0.5) is 10.5 Å². The lowest BCUT2D eigenvalue weighted by atomic mass is 10.1. The zero-order valence-electron chi connectivity index (χ0n) is 11.3. The van der Waals surface area contributed by atoms with Crippen molar-refractivity contribution in [1.82, 2.24) is 5.32 Å². The Labute approximate surface area is 113 Å². The van der Waals surface area contributed by atoms with E-state index in [1.807, 2.05) is 31.2 Å². The van der Waals surface area contributed by atoms with Crippen molar-refractivity contribution in [2.45, 2.75) is 25.9 Å². The van der Waals surface area contributed by atoms with Crippen molar-refractivity contribution in [3.05, 3.63) is 29.8 Å². The normalized spacial score (nSPS) is 20.9. The Kier molecular flexibility index (Phi) is 4.27. The van der Waals surface area contributed by atoms with Crippen LogP contribution in [-0.4, -0.2) is 37.0 Å². The van der Waals surface area contributed by atoms with Crippen LogP contribution in [0.1, 0.15) is 25.5 Å². The maximum absolute atomic E-state index is 10.6. The van der Waals surface area contributed by atoms with Gasteiger partial charge >= 0.3 is 6.09 Å². The molecule has 5 nitrogen and oxygen atoms in total. The van der Waals surface area contributed by atoms with Gasteiger partial charge in [-0.15, -0.1) is 0 Å². The number of nitrogens with zero attached hydrogens (tertiary/aromatic N) is 1. The average molecular weight is 264 g/mol. The van der Waals surface area contributed by atoms with Crippen molar-refractivity contribution in [3.8, 4) is 0 Å². The Bertz CT molecular complexity index is 433. The van der Waals surface area contributed by atoms with Gasteiger partial charge in [-0.05, 0) is 31.5 Å². The van der Waals surface area contributed by atoms with Gasteiger partial charge in [-0.1, -0.05) is 12.1 Å². The van der Waals surface area contributed by atoms with E-state index >= 15 is 0 Å². The number of anilines is 1. The Hall–Kier alpha value is -1.75. The average Bonchev–Trinajstić information content (AvgIpc) is 2.39. The van der Waals surface area contributed by atoms with Gasteiger partial charge in [-0.2, -0.15) is 0 Å². The molecule has 2 unspecified atom stereocenters. The van der Waals surface area contributed by atoms with Gasteiger partial charge < -0.3 is 20.1 Å². The molecule has 0 saturated carbocycles. The van der Waals surface area contributed by atoms with E-state index in [2.05, 4.69) is 17.1 Å². The van der Waals surface area contributed by atoms with E-state index in [-0.39, 0.29) is 6.04 Å². The quantitative estimate of drug-likeness (QED) is 0.879. The van der Waals surface area contributed by atoms with E-state index in [0.29, 0.717) is 6.04 Å². The maximum atomic E-state index is 10.6. The van der Waals surface area contributed by atoms with Crippen molar-refractivity contribution in [3.63, 3.8) is 0 Å². The molecule has 2 atom stereocenters. The SMILES string of the molecule is CC(NC(=O)O)c1ccc(N2CCOCC2C)cc1. The number of nitrogens with one attached hydrogen (secondary N) is 1. The maximum Gasteiger partial charge on any atom is 0.405 e. The standard InChI is InChI=1S/C14H20N2O3/c1-10-9-19-8-7-16(10)13-5-3-12(4-6-13)11(2)15-14(17)18/h3-6,10-11,15H,7-9H2,1-2H3,(H,17,18). The summed E-state index contributed by atoms with van der Waals surface area (Å²) >= 11 is 0. The molecule has 19 heavy (non-hydrogen) atoms. The lowest BCUT2D eigenvalue weighted by molar-refractivity contribution is 0.0989. The minimum absolute atomic E-state index is 0.200. The van der Waals surface area contributed by atoms with E-state index < -0.39 is 6.09 Å². The summed E-state index contributed by atoms with van der Waals surface area (Å²) in [6.45, 7) is 6.37. The first kappa shape index (κ1) is 13.7. The van der Waals surface area contributed by atoms with Crippen LogP contribution in [0.2, 0.25) is 0 Å². The minimum atomic E-state index is -1.00. The lowest BCUT2D eigenvalue weighted by Gasteiger charge is -2.35. The van der Waals surface area contributed by atoms with Crippen LogP contribution in [0.3, 0.4) is 0 Å². The molecule has 1 aromatic rings. The smallest absolute Gasteiger partial charge is 0.405 e. The molecule has 0 spiro atoms. The van der Waals surface area contributed by atoms with Crippen molar-refractivity contribution in [2.24, 2.45) is 0 Å². The number of carbonyl (C=O) groups is 1. The van der Waals surface area contributed by atoms with Gasteiger partial charge in [0.1, 0.15) is 0 Å².